The molecule has 0 radical (unpaired) electrons. The zero-order valence-corrected chi connectivity index (χ0v) is 8.03. The quantitative estimate of drug-likeness (QED) is 0.594. The molecule has 13 heavy (non-hydrogen) atoms. The summed E-state index contributed by atoms with van der Waals surface area (Å²) >= 11 is 0. The lowest BCUT2D eigenvalue weighted by atomic mass is 9.92. The summed E-state index contributed by atoms with van der Waals surface area (Å²) in [6.07, 6.45) is 8.37. The second kappa shape index (κ2) is 3.73. The molecule has 1 nitrogen and oxygen atoms in total. The Kier molecular flexibility index (Phi) is 2.44. The van der Waals surface area contributed by atoms with E-state index < -0.39 is 0 Å². The molecule has 1 aromatic heterocycles. The largest absolute Gasteiger partial charge is 0.258 e. The first-order valence-electron chi connectivity index (χ1n) is 4.96. The van der Waals surface area contributed by atoms with Crippen LogP contribution >= 0.6 is 0 Å². The molecule has 1 heteroatoms. The lowest BCUT2D eigenvalue weighted by Gasteiger charge is -2.15. The summed E-state index contributed by atoms with van der Waals surface area (Å²) in [6.45, 7) is 2.05. The van der Waals surface area contributed by atoms with E-state index in [1.165, 1.54) is 25.0 Å². The minimum atomic E-state index is 0.564. The Labute approximate surface area is 79.5 Å². The van der Waals surface area contributed by atoms with Crippen molar-refractivity contribution in [3.63, 3.8) is 0 Å². The van der Waals surface area contributed by atoms with Gasteiger partial charge in [0.1, 0.15) is 0 Å². The third-order valence-electron chi connectivity index (χ3n) is 2.54. The van der Waals surface area contributed by atoms with Crippen molar-refractivity contribution >= 4 is 0 Å². The molecule has 0 N–H and O–H groups in total. The lowest BCUT2D eigenvalue weighted by Crippen LogP contribution is -2.02. The van der Waals surface area contributed by atoms with Gasteiger partial charge in [-0.05, 0) is 38.3 Å². The van der Waals surface area contributed by atoms with Crippen molar-refractivity contribution in [1.29, 1.82) is 0 Å². The van der Waals surface area contributed by atoms with Crippen molar-refractivity contribution in [3.05, 3.63) is 41.7 Å². The molecule has 0 fully saturated rings. The van der Waals surface area contributed by atoms with E-state index in [4.69, 9.17) is 0 Å². The summed E-state index contributed by atoms with van der Waals surface area (Å²) < 4.78 is 0. The highest BCUT2D eigenvalue weighted by Gasteiger charge is 2.11. The second-order valence-corrected chi connectivity index (χ2v) is 3.67. The standard InChI is InChI=1S/C12H15N/c1-10-6-5-9-12(13-10)11-7-3-2-4-8-11/h3,5-7,9,11H,2,4,8H2,1H3/t11-/m1/s1. The van der Waals surface area contributed by atoms with Gasteiger partial charge >= 0.3 is 0 Å². The van der Waals surface area contributed by atoms with Gasteiger partial charge < -0.3 is 0 Å². The number of pyridine rings is 1. The van der Waals surface area contributed by atoms with Crippen LogP contribution in [0.15, 0.2) is 30.4 Å². The molecule has 2 rings (SSSR count). The van der Waals surface area contributed by atoms with Crippen molar-refractivity contribution < 1.29 is 0 Å². The molecule has 0 amide bonds. The topological polar surface area (TPSA) is 12.9 Å². The first-order chi connectivity index (χ1) is 6.36. The highest BCUT2D eigenvalue weighted by molar-refractivity contribution is 5.19. The lowest BCUT2D eigenvalue weighted by molar-refractivity contribution is 0.640. The monoisotopic (exact) mass is 173 g/mol. The van der Waals surface area contributed by atoms with E-state index in [0.717, 1.165) is 5.69 Å². The zero-order chi connectivity index (χ0) is 9.10. The van der Waals surface area contributed by atoms with Gasteiger partial charge in [-0.1, -0.05) is 18.2 Å². The summed E-state index contributed by atoms with van der Waals surface area (Å²) in [5, 5.41) is 0. The van der Waals surface area contributed by atoms with Crippen LogP contribution in [0.1, 0.15) is 36.6 Å². The smallest absolute Gasteiger partial charge is 0.0475 e. The van der Waals surface area contributed by atoms with E-state index in [-0.39, 0.29) is 0 Å². The molecule has 0 aromatic carbocycles. The summed E-state index contributed by atoms with van der Waals surface area (Å²) in [5.74, 6) is 0.564. The fourth-order valence-corrected chi connectivity index (χ4v) is 1.83. The van der Waals surface area contributed by atoms with Gasteiger partial charge in [-0.25, -0.2) is 0 Å². The molecule has 0 bridgehead atoms. The summed E-state index contributed by atoms with van der Waals surface area (Å²) in [7, 11) is 0. The second-order valence-electron chi connectivity index (χ2n) is 3.67. The molecule has 1 aliphatic rings. The normalized spacial score (nSPS) is 21.8. The maximum absolute atomic E-state index is 4.55. The molecule has 0 unspecified atom stereocenters. The van der Waals surface area contributed by atoms with Gasteiger partial charge in [-0.2, -0.15) is 0 Å². The average Bonchev–Trinajstić information content (AvgIpc) is 2.19. The van der Waals surface area contributed by atoms with E-state index in [0.29, 0.717) is 5.92 Å². The maximum atomic E-state index is 4.55. The minimum Gasteiger partial charge on any atom is -0.258 e. The number of hydrogen-bond donors (Lipinski definition) is 0. The minimum absolute atomic E-state index is 0.564. The molecule has 1 aromatic rings. The van der Waals surface area contributed by atoms with Crippen molar-refractivity contribution in [2.45, 2.75) is 32.1 Å². The number of allylic oxidation sites excluding steroid dienone is 2. The molecule has 0 saturated heterocycles. The van der Waals surface area contributed by atoms with Crippen LogP contribution in [0.4, 0.5) is 0 Å². The van der Waals surface area contributed by atoms with Crippen molar-refractivity contribution in [2.24, 2.45) is 0 Å². The Morgan fingerprint density at radius 1 is 1.38 bits per heavy atom. The number of aryl methyl sites for hydroxylation is 1. The predicted octanol–water partition coefficient (Wildman–Crippen LogP) is 3.21. The highest BCUT2D eigenvalue weighted by Crippen LogP contribution is 2.25. The van der Waals surface area contributed by atoms with Gasteiger partial charge in [0.2, 0.25) is 0 Å². The molecule has 0 spiro atoms. The maximum Gasteiger partial charge on any atom is 0.0475 e. The summed E-state index contributed by atoms with van der Waals surface area (Å²) in [4.78, 5) is 4.55. The Morgan fingerprint density at radius 3 is 3.00 bits per heavy atom. The Bertz CT molecular complexity index is 315. The zero-order valence-electron chi connectivity index (χ0n) is 8.03. The number of aromatic nitrogens is 1. The van der Waals surface area contributed by atoms with E-state index >= 15 is 0 Å². The summed E-state index contributed by atoms with van der Waals surface area (Å²) in [5.41, 5.74) is 2.35. The molecular weight excluding hydrogens is 158 g/mol. The Balaban J connectivity index is 2.24. The van der Waals surface area contributed by atoms with E-state index in [1.54, 1.807) is 0 Å². The molecule has 1 atom stereocenters. The molecule has 0 saturated carbocycles. The van der Waals surface area contributed by atoms with Crippen LogP contribution in [-0.4, -0.2) is 4.98 Å². The fourth-order valence-electron chi connectivity index (χ4n) is 1.83. The van der Waals surface area contributed by atoms with Crippen LogP contribution in [0.5, 0.6) is 0 Å². The van der Waals surface area contributed by atoms with Crippen LogP contribution in [0.2, 0.25) is 0 Å². The van der Waals surface area contributed by atoms with E-state index in [9.17, 15) is 0 Å². The number of rotatable bonds is 1. The average molecular weight is 173 g/mol. The van der Waals surface area contributed by atoms with Gasteiger partial charge in [0, 0.05) is 17.3 Å². The highest BCUT2D eigenvalue weighted by atomic mass is 14.7. The molecular formula is C12H15N. The van der Waals surface area contributed by atoms with Gasteiger partial charge in [0.05, 0.1) is 0 Å². The first-order valence-corrected chi connectivity index (χ1v) is 4.96. The molecule has 0 aliphatic heterocycles. The third-order valence-corrected chi connectivity index (χ3v) is 2.54. The van der Waals surface area contributed by atoms with Crippen LogP contribution in [-0.2, 0) is 0 Å². The number of hydrogen-bond acceptors (Lipinski definition) is 1. The van der Waals surface area contributed by atoms with Crippen LogP contribution in [0, 0.1) is 6.92 Å². The van der Waals surface area contributed by atoms with Crippen molar-refractivity contribution in [3.8, 4) is 0 Å². The van der Waals surface area contributed by atoms with Crippen molar-refractivity contribution in [2.75, 3.05) is 0 Å². The van der Waals surface area contributed by atoms with Gasteiger partial charge in [-0.15, -0.1) is 0 Å². The van der Waals surface area contributed by atoms with Crippen LogP contribution in [0.25, 0.3) is 0 Å². The third kappa shape index (κ3) is 1.97. The van der Waals surface area contributed by atoms with Gasteiger partial charge in [0.15, 0.2) is 0 Å². The van der Waals surface area contributed by atoms with E-state index in [2.05, 4.69) is 42.3 Å². The predicted molar refractivity (Wildman–Crippen MR) is 54.7 cm³/mol. The Hall–Kier alpha value is -1.11. The van der Waals surface area contributed by atoms with Gasteiger partial charge in [0.25, 0.3) is 0 Å². The first kappa shape index (κ1) is 8.49. The van der Waals surface area contributed by atoms with Gasteiger partial charge in [-0.3, -0.25) is 4.98 Å². The Morgan fingerprint density at radius 2 is 2.31 bits per heavy atom. The number of nitrogens with zero attached hydrogens (tertiary/aromatic N) is 1. The van der Waals surface area contributed by atoms with Crippen molar-refractivity contribution in [1.82, 2.24) is 4.98 Å². The molecule has 68 valence electrons. The molecule has 1 heterocycles. The summed E-state index contributed by atoms with van der Waals surface area (Å²) in [6, 6.07) is 6.28. The SMILES string of the molecule is Cc1cccc([C@@H]2C=CCCC2)n1. The van der Waals surface area contributed by atoms with Crippen LogP contribution < -0.4 is 0 Å². The van der Waals surface area contributed by atoms with E-state index in [1.807, 2.05) is 0 Å². The van der Waals surface area contributed by atoms with Crippen LogP contribution in [0.3, 0.4) is 0 Å². The fraction of sp³-hybridized carbons (Fsp3) is 0.417. The molecule has 1 aliphatic carbocycles.